The highest BCUT2D eigenvalue weighted by atomic mass is 16.6. The Morgan fingerprint density at radius 1 is 1.00 bits per heavy atom. The van der Waals surface area contributed by atoms with Crippen molar-refractivity contribution < 1.29 is 14.5 Å². The van der Waals surface area contributed by atoms with Gasteiger partial charge in [-0.2, -0.15) is 5.10 Å². The highest BCUT2D eigenvalue weighted by Crippen LogP contribution is 2.28. The number of carbonyl (C=O) groups is 1. The predicted octanol–water partition coefficient (Wildman–Crippen LogP) is 4.65. The van der Waals surface area contributed by atoms with Crippen LogP contribution in [0.2, 0.25) is 0 Å². The van der Waals surface area contributed by atoms with E-state index in [9.17, 15) is 14.9 Å². The number of methoxy groups -OCH3 is 1. The van der Waals surface area contributed by atoms with Gasteiger partial charge in [0.1, 0.15) is 11.4 Å². The van der Waals surface area contributed by atoms with Crippen LogP contribution in [0, 0.1) is 10.1 Å². The standard InChI is InChI=1S/C26H22N4O4/c1-34-23-11-4-8-19(14-23)24-16-25(29(27-24)21-9-5-10-22(15-21)30(32)33)26(31)28-13-12-18-6-2-3-7-20(18)17-28/h2-11,14-16H,12-13,17H2,1H3. The number of nitro benzene ring substituents is 1. The molecule has 8 nitrogen and oxygen atoms in total. The zero-order valence-electron chi connectivity index (χ0n) is 18.5. The lowest BCUT2D eigenvalue weighted by atomic mass is 9.99. The average Bonchev–Trinajstić information content (AvgIpc) is 3.33. The Kier molecular flexibility index (Phi) is 5.55. The van der Waals surface area contributed by atoms with Crippen molar-refractivity contribution in [1.29, 1.82) is 0 Å². The monoisotopic (exact) mass is 454 g/mol. The molecule has 1 aliphatic rings. The molecule has 0 unspecified atom stereocenters. The summed E-state index contributed by atoms with van der Waals surface area (Å²) in [7, 11) is 1.59. The van der Waals surface area contributed by atoms with E-state index in [0.29, 0.717) is 35.9 Å². The minimum absolute atomic E-state index is 0.0683. The number of fused-ring (bicyclic) bond motifs is 1. The van der Waals surface area contributed by atoms with E-state index in [1.165, 1.54) is 22.4 Å². The molecule has 3 aromatic carbocycles. The van der Waals surface area contributed by atoms with E-state index in [2.05, 4.69) is 11.2 Å². The van der Waals surface area contributed by atoms with Crippen LogP contribution in [0.4, 0.5) is 5.69 Å². The largest absolute Gasteiger partial charge is 0.497 e. The minimum atomic E-state index is -0.459. The first-order chi connectivity index (χ1) is 16.5. The normalized spacial score (nSPS) is 12.8. The second-order valence-electron chi connectivity index (χ2n) is 8.08. The van der Waals surface area contributed by atoms with Gasteiger partial charge in [-0.25, -0.2) is 4.68 Å². The van der Waals surface area contributed by atoms with Gasteiger partial charge in [0.05, 0.1) is 23.4 Å². The quantitative estimate of drug-likeness (QED) is 0.323. The van der Waals surface area contributed by atoms with Gasteiger partial charge in [0, 0.05) is 30.8 Å². The lowest BCUT2D eigenvalue weighted by Gasteiger charge is -2.28. The highest BCUT2D eigenvalue weighted by molar-refractivity contribution is 5.94. The van der Waals surface area contributed by atoms with Crippen LogP contribution in [-0.4, -0.2) is 39.2 Å². The number of non-ortho nitro benzene ring substituents is 1. The molecule has 0 bridgehead atoms. The van der Waals surface area contributed by atoms with Crippen LogP contribution >= 0.6 is 0 Å². The summed E-state index contributed by atoms with van der Waals surface area (Å²) in [4.78, 5) is 26.4. The van der Waals surface area contributed by atoms with Gasteiger partial charge >= 0.3 is 0 Å². The maximum atomic E-state index is 13.7. The molecule has 0 aliphatic carbocycles. The number of ether oxygens (including phenoxy) is 1. The molecule has 0 saturated carbocycles. The molecule has 0 fully saturated rings. The van der Waals surface area contributed by atoms with Gasteiger partial charge in [0.2, 0.25) is 0 Å². The van der Waals surface area contributed by atoms with Gasteiger partial charge in [-0.1, -0.05) is 42.5 Å². The Balaban J connectivity index is 1.59. The molecule has 4 aromatic rings. The first-order valence-electron chi connectivity index (χ1n) is 10.9. The first kappa shape index (κ1) is 21.4. The van der Waals surface area contributed by atoms with Gasteiger partial charge in [0.25, 0.3) is 11.6 Å². The molecule has 170 valence electrons. The zero-order chi connectivity index (χ0) is 23.7. The molecule has 0 N–H and O–H groups in total. The summed E-state index contributed by atoms with van der Waals surface area (Å²) >= 11 is 0. The van der Waals surface area contributed by atoms with Crippen molar-refractivity contribution in [2.45, 2.75) is 13.0 Å². The van der Waals surface area contributed by atoms with Crippen molar-refractivity contribution in [1.82, 2.24) is 14.7 Å². The number of aromatic nitrogens is 2. The number of hydrogen-bond acceptors (Lipinski definition) is 5. The molecule has 0 atom stereocenters. The molecule has 1 aliphatic heterocycles. The fraction of sp³-hybridized carbons (Fsp3) is 0.154. The molecule has 2 heterocycles. The molecule has 0 radical (unpaired) electrons. The molecular weight excluding hydrogens is 432 g/mol. The van der Waals surface area contributed by atoms with E-state index in [0.717, 1.165) is 17.5 Å². The van der Waals surface area contributed by atoms with Crippen LogP contribution in [0.5, 0.6) is 5.75 Å². The number of nitro groups is 1. The van der Waals surface area contributed by atoms with Gasteiger partial charge in [-0.15, -0.1) is 0 Å². The molecule has 5 rings (SSSR count). The van der Waals surface area contributed by atoms with E-state index in [4.69, 9.17) is 4.74 Å². The second kappa shape index (κ2) is 8.82. The summed E-state index contributed by atoms with van der Waals surface area (Å²) in [5, 5.41) is 16.0. The van der Waals surface area contributed by atoms with Crippen molar-refractivity contribution in [3.05, 3.63) is 106 Å². The number of benzene rings is 3. The zero-order valence-corrected chi connectivity index (χ0v) is 18.5. The molecule has 1 aromatic heterocycles. The van der Waals surface area contributed by atoms with E-state index in [1.54, 1.807) is 30.2 Å². The third-order valence-corrected chi connectivity index (χ3v) is 6.00. The van der Waals surface area contributed by atoms with E-state index >= 15 is 0 Å². The van der Waals surface area contributed by atoms with E-state index in [-0.39, 0.29) is 11.6 Å². The molecule has 0 saturated heterocycles. The van der Waals surface area contributed by atoms with Crippen LogP contribution in [0.3, 0.4) is 0 Å². The molecule has 0 spiro atoms. The highest BCUT2D eigenvalue weighted by Gasteiger charge is 2.26. The average molecular weight is 454 g/mol. The lowest BCUT2D eigenvalue weighted by molar-refractivity contribution is -0.384. The summed E-state index contributed by atoms with van der Waals surface area (Å²) in [5.41, 5.74) is 4.45. The number of nitrogens with zero attached hydrogens (tertiary/aromatic N) is 4. The number of hydrogen-bond donors (Lipinski definition) is 0. The van der Waals surface area contributed by atoms with Crippen molar-refractivity contribution in [2.24, 2.45) is 0 Å². The Morgan fingerprint density at radius 3 is 2.59 bits per heavy atom. The van der Waals surface area contributed by atoms with Crippen molar-refractivity contribution >= 4 is 11.6 Å². The van der Waals surface area contributed by atoms with Gasteiger partial charge < -0.3 is 9.64 Å². The predicted molar refractivity (Wildman–Crippen MR) is 127 cm³/mol. The second-order valence-corrected chi connectivity index (χ2v) is 8.08. The topological polar surface area (TPSA) is 90.5 Å². The third kappa shape index (κ3) is 4.01. The Hall–Kier alpha value is -4.46. The molecule has 1 amide bonds. The fourth-order valence-electron chi connectivity index (χ4n) is 4.22. The van der Waals surface area contributed by atoms with E-state index < -0.39 is 4.92 Å². The maximum Gasteiger partial charge on any atom is 0.272 e. The van der Waals surface area contributed by atoms with Crippen LogP contribution in [0.1, 0.15) is 21.6 Å². The molecule has 8 heteroatoms. The Morgan fingerprint density at radius 2 is 1.79 bits per heavy atom. The summed E-state index contributed by atoms with van der Waals surface area (Å²) < 4.78 is 6.82. The lowest BCUT2D eigenvalue weighted by Crippen LogP contribution is -2.37. The fourth-order valence-corrected chi connectivity index (χ4v) is 4.22. The summed E-state index contributed by atoms with van der Waals surface area (Å²) in [6.45, 7) is 1.09. The number of amides is 1. The summed E-state index contributed by atoms with van der Waals surface area (Å²) in [6, 6.07) is 23.4. The van der Waals surface area contributed by atoms with Gasteiger partial charge in [0.15, 0.2) is 0 Å². The first-order valence-corrected chi connectivity index (χ1v) is 10.9. The Bertz CT molecular complexity index is 1400. The third-order valence-electron chi connectivity index (χ3n) is 6.00. The van der Waals surface area contributed by atoms with Crippen LogP contribution < -0.4 is 4.74 Å². The van der Waals surface area contributed by atoms with Crippen molar-refractivity contribution in [3.63, 3.8) is 0 Å². The van der Waals surface area contributed by atoms with Gasteiger partial charge in [-0.3, -0.25) is 14.9 Å². The number of rotatable bonds is 5. The molecular formula is C26H22N4O4. The maximum absolute atomic E-state index is 13.7. The number of carbonyl (C=O) groups excluding carboxylic acids is 1. The molecule has 34 heavy (non-hydrogen) atoms. The van der Waals surface area contributed by atoms with Crippen LogP contribution in [0.15, 0.2) is 78.9 Å². The van der Waals surface area contributed by atoms with Crippen molar-refractivity contribution in [3.8, 4) is 22.7 Å². The minimum Gasteiger partial charge on any atom is -0.497 e. The van der Waals surface area contributed by atoms with Crippen LogP contribution in [0.25, 0.3) is 16.9 Å². The smallest absolute Gasteiger partial charge is 0.272 e. The SMILES string of the molecule is COc1cccc(-c2cc(C(=O)N3CCc4ccccc4C3)n(-c3cccc([N+](=O)[O-])c3)n2)c1. The van der Waals surface area contributed by atoms with Crippen molar-refractivity contribution in [2.75, 3.05) is 13.7 Å². The summed E-state index contributed by atoms with van der Waals surface area (Å²) in [5.74, 6) is 0.491. The van der Waals surface area contributed by atoms with E-state index in [1.807, 2.05) is 42.5 Å². The van der Waals surface area contributed by atoms with Crippen LogP contribution in [-0.2, 0) is 13.0 Å². The van der Waals surface area contributed by atoms with Gasteiger partial charge in [-0.05, 0) is 41.8 Å². The Labute approximate surface area is 196 Å². The summed E-state index contributed by atoms with van der Waals surface area (Å²) in [6.07, 6.45) is 0.773.